The summed E-state index contributed by atoms with van der Waals surface area (Å²) in [6.07, 6.45) is -16.4. The highest BCUT2D eigenvalue weighted by atomic mass is 19.4. The quantitative estimate of drug-likeness (QED) is 0.280. The van der Waals surface area contributed by atoms with Gasteiger partial charge in [0.15, 0.2) is 0 Å². The standard InChI is InChI=1S/C29H29F10NO2/c1-4-17-11-23(26(42-3)13-24(17)30)22-6-5-19(27(31,32)33)10-18(22)14-40-15(2)25(41)9-16-7-20(28(34,35)36)12-21(8-16)29(37,38)39/h5-7,10-13,15-16,25,40-41H,4,8-9,14H2,1-3H3/t15?,16-,25?/m0/s1. The number of allylic oxidation sites excluding steroid dienone is 4. The van der Waals surface area contributed by atoms with Crippen molar-refractivity contribution in [1.82, 2.24) is 5.32 Å². The van der Waals surface area contributed by atoms with Crippen molar-refractivity contribution in [3.63, 3.8) is 0 Å². The number of ether oxygens (including phenoxy) is 1. The van der Waals surface area contributed by atoms with Crippen LogP contribution in [0.4, 0.5) is 43.9 Å². The van der Waals surface area contributed by atoms with Gasteiger partial charge in [0.05, 0.1) is 24.4 Å². The van der Waals surface area contributed by atoms with E-state index >= 15 is 0 Å². The first kappa shape index (κ1) is 33.4. The number of halogens is 10. The largest absolute Gasteiger partial charge is 0.496 e. The number of rotatable bonds is 9. The molecular formula is C29H29F10NO2. The van der Waals surface area contributed by atoms with Crippen LogP contribution in [0.15, 0.2) is 53.6 Å². The molecule has 3 atom stereocenters. The molecule has 1 aliphatic rings. The molecule has 2 N–H and O–H groups in total. The van der Waals surface area contributed by atoms with E-state index < -0.39 is 72.0 Å². The molecule has 0 heterocycles. The molecule has 0 amide bonds. The van der Waals surface area contributed by atoms with Crippen LogP contribution >= 0.6 is 0 Å². The third kappa shape index (κ3) is 8.06. The molecule has 3 rings (SSSR count). The van der Waals surface area contributed by atoms with Gasteiger partial charge in [0.25, 0.3) is 0 Å². The fourth-order valence-corrected chi connectivity index (χ4v) is 4.77. The molecule has 0 aromatic heterocycles. The van der Waals surface area contributed by atoms with Crippen LogP contribution in [-0.4, -0.2) is 36.7 Å². The summed E-state index contributed by atoms with van der Waals surface area (Å²) in [5, 5.41) is 13.5. The Kier molecular flexibility index (Phi) is 10.1. The molecule has 3 nitrogen and oxygen atoms in total. The first-order chi connectivity index (χ1) is 19.3. The second kappa shape index (κ2) is 12.7. The molecule has 0 saturated heterocycles. The SMILES string of the molecule is CCc1cc(-c2ccc(C(F)(F)F)cc2CNC(C)C(O)C[C@H]2C=C(C(F)(F)F)C=C(C(F)(F)F)C2)c(OC)cc1F. The molecule has 0 saturated carbocycles. The minimum atomic E-state index is -5.02. The summed E-state index contributed by atoms with van der Waals surface area (Å²) < 4.78 is 140. The fraction of sp³-hybridized carbons (Fsp3) is 0.448. The Labute approximate surface area is 235 Å². The van der Waals surface area contributed by atoms with Gasteiger partial charge in [-0.05, 0) is 73.1 Å². The van der Waals surface area contributed by atoms with Crippen molar-refractivity contribution in [3.8, 4) is 16.9 Å². The van der Waals surface area contributed by atoms with E-state index in [4.69, 9.17) is 4.74 Å². The molecular weight excluding hydrogens is 584 g/mol. The molecule has 0 spiro atoms. The minimum Gasteiger partial charge on any atom is -0.496 e. The van der Waals surface area contributed by atoms with Gasteiger partial charge in [-0.1, -0.05) is 19.1 Å². The Bertz CT molecular complexity index is 1330. The summed E-state index contributed by atoms with van der Waals surface area (Å²) in [4.78, 5) is 0. The van der Waals surface area contributed by atoms with Gasteiger partial charge in [0, 0.05) is 29.8 Å². The molecule has 13 heteroatoms. The number of aliphatic hydroxyl groups excluding tert-OH is 1. The van der Waals surface area contributed by atoms with E-state index in [1.165, 1.54) is 26.2 Å². The lowest BCUT2D eigenvalue weighted by Crippen LogP contribution is -2.38. The van der Waals surface area contributed by atoms with Crippen molar-refractivity contribution < 1.29 is 53.7 Å². The summed E-state index contributed by atoms with van der Waals surface area (Å²) in [5.41, 5.74) is -2.85. The van der Waals surface area contributed by atoms with Gasteiger partial charge in [-0.15, -0.1) is 0 Å². The average Bonchev–Trinajstić information content (AvgIpc) is 2.89. The highest BCUT2D eigenvalue weighted by Gasteiger charge is 2.42. The molecule has 2 aromatic rings. The lowest BCUT2D eigenvalue weighted by molar-refractivity contribution is -0.137. The summed E-state index contributed by atoms with van der Waals surface area (Å²) >= 11 is 0. The zero-order valence-electron chi connectivity index (χ0n) is 22.7. The third-order valence-electron chi connectivity index (χ3n) is 7.13. The highest BCUT2D eigenvalue weighted by Crippen LogP contribution is 2.42. The van der Waals surface area contributed by atoms with Gasteiger partial charge in [0.2, 0.25) is 0 Å². The summed E-state index contributed by atoms with van der Waals surface area (Å²) in [7, 11) is 1.27. The van der Waals surface area contributed by atoms with Crippen LogP contribution in [0.5, 0.6) is 5.75 Å². The molecule has 2 aromatic carbocycles. The summed E-state index contributed by atoms with van der Waals surface area (Å²) in [6, 6.07) is 4.55. The van der Waals surface area contributed by atoms with Gasteiger partial charge in [-0.3, -0.25) is 0 Å². The summed E-state index contributed by atoms with van der Waals surface area (Å²) in [5.74, 6) is -1.78. The third-order valence-corrected chi connectivity index (χ3v) is 7.13. The van der Waals surface area contributed by atoms with Crippen LogP contribution in [0.3, 0.4) is 0 Å². The number of aryl methyl sites for hydroxylation is 1. The van der Waals surface area contributed by atoms with Crippen LogP contribution in [0.1, 0.15) is 43.4 Å². The normalized spacial score (nSPS) is 17.9. The number of benzene rings is 2. The van der Waals surface area contributed by atoms with E-state index in [0.29, 0.717) is 17.2 Å². The number of aliphatic hydroxyl groups is 1. The van der Waals surface area contributed by atoms with Crippen molar-refractivity contribution >= 4 is 0 Å². The van der Waals surface area contributed by atoms with Crippen LogP contribution in [0.2, 0.25) is 0 Å². The number of hydrogen-bond acceptors (Lipinski definition) is 3. The Morgan fingerprint density at radius 3 is 2.14 bits per heavy atom. The van der Waals surface area contributed by atoms with Gasteiger partial charge >= 0.3 is 18.5 Å². The molecule has 0 aliphatic heterocycles. The van der Waals surface area contributed by atoms with Crippen LogP contribution in [0.25, 0.3) is 11.1 Å². The number of nitrogens with one attached hydrogen (secondary N) is 1. The average molecular weight is 614 g/mol. The molecule has 2 unspecified atom stereocenters. The molecule has 1 aliphatic carbocycles. The van der Waals surface area contributed by atoms with Gasteiger partial charge in [-0.25, -0.2) is 4.39 Å². The van der Waals surface area contributed by atoms with E-state index in [1.807, 2.05) is 0 Å². The number of methoxy groups -OCH3 is 1. The van der Waals surface area contributed by atoms with Crippen LogP contribution in [-0.2, 0) is 19.1 Å². The monoisotopic (exact) mass is 613 g/mol. The number of hydrogen-bond donors (Lipinski definition) is 2. The number of alkyl halides is 9. The second-order valence-corrected chi connectivity index (χ2v) is 10.1. The van der Waals surface area contributed by atoms with E-state index in [-0.39, 0.29) is 35.9 Å². The maximum atomic E-state index is 14.4. The van der Waals surface area contributed by atoms with Crippen LogP contribution < -0.4 is 10.1 Å². The molecule has 0 bridgehead atoms. The Morgan fingerprint density at radius 2 is 1.60 bits per heavy atom. The second-order valence-electron chi connectivity index (χ2n) is 10.1. The van der Waals surface area contributed by atoms with Crippen molar-refractivity contribution in [2.24, 2.45) is 5.92 Å². The van der Waals surface area contributed by atoms with Gasteiger partial charge in [0.1, 0.15) is 11.6 Å². The predicted molar refractivity (Wildman–Crippen MR) is 136 cm³/mol. The van der Waals surface area contributed by atoms with Crippen molar-refractivity contribution in [3.05, 3.63) is 76.1 Å². The minimum absolute atomic E-state index is 0.0490. The van der Waals surface area contributed by atoms with E-state index in [2.05, 4.69) is 5.32 Å². The van der Waals surface area contributed by atoms with Crippen LogP contribution in [0, 0.1) is 11.7 Å². The maximum absolute atomic E-state index is 14.4. The fourth-order valence-electron chi connectivity index (χ4n) is 4.77. The first-order valence-electron chi connectivity index (χ1n) is 12.9. The molecule has 0 radical (unpaired) electrons. The Balaban J connectivity index is 1.87. The van der Waals surface area contributed by atoms with Crippen molar-refractivity contribution in [2.45, 2.75) is 70.3 Å². The topological polar surface area (TPSA) is 41.5 Å². The van der Waals surface area contributed by atoms with Crippen molar-refractivity contribution in [2.75, 3.05) is 7.11 Å². The summed E-state index contributed by atoms with van der Waals surface area (Å²) in [6.45, 7) is 2.82. The predicted octanol–water partition coefficient (Wildman–Crippen LogP) is 8.31. The van der Waals surface area contributed by atoms with E-state index in [9.17, 15) is 49.0 Å². The van der Waals surface area contributed by atoms with Gasteiger partial charge < -0.3 is 15.2 Å². The lowest BCUT2D eigenvalue weighted by atomic mass is 9.85. The zero-order chi connectivity index (χ0) is 31.6. The smallest absolute Gasteiger partial charge is 0.416 e. The molecule has 0 fully saturated rings. The van der Waals surface area contributed by atoms with Crippen molar-refractivity contribution in [1.29, 1.82) is 0 Å². The zero-order valence-corrected chi connectivity index (χ0v) is 22.7. The van der Waals surface area contributed by atoms with E-state index in [1.54, 1.807) is 6.92 Å². The maximum Gasteiger partial charge on any atom is 0.416 e. The first-order valence-corrected chi connectivity index (χ1v) is 12.9. The lowest BCUT2D eigenvalue weighted by Gasteiger charge is -2.28. The van der Waals surface area contributed by atoms with Gasteiger partial charge in [-0.2, -0.15) is 39.5 Å². The Hall–Kier alpha value is -3.06. The molecule has 42 heavy (non-hydrogen) atoms. The Morgan fingerprint density at radius 1 is 0.929 bits per heavy atom. The highest BCUT2D eigenvalue weighted by molar-refractivity contribution is 5.74. The molecule has 232 valence electrons. The van der Waals surface area contributed by atoms with E-state index in [0.717, 1.165) is 18.2 Å².